The van der Waals surface area contributed by atoms with Crippen LogP contribution in [0.5, 0.6) is 0 Å². The molecule has 0 amide bonds. The van der Waals surface area contributed by atoms with Gasteiger partial charge >= 0.3 is 23.9 Å². The third-order valence-electron chi connectivity index (χ3n) is 6.41. The van der Waals surface area contributed by atoms with Crippen LogP contribution in [0.1, 0.15) is 27.7 Å². The van der Waals surface area contributed by atoms with Crippen molar-refractivity contribution in [2.75, 3.05) is 26.4 Å². The number of rotatable bonds is 8. The van der Waals surface area contributed by atoms with Gasteiger partial charge in [-0.3, -0.25) is 0 Å². The number of fused-ring (bicyclic) bond motifs is 4. The summed E-state index contributed by atoms with van der Waals surface area (Å²) in [7, 11) is 0. The lowest BCUT2D eigenvalue weighted by Gasteiger charge is -2.14. The molecule has 0 radical (unpaired) electrons. The number of allylic oxidation sites excluding steroid dienone is 8. The summed E-state index contributed by atoms with van der Waals surface area (Å²) in [6.07, 6.45) is 13.3. The van der Waals surface area contributed by atoms with Gasteiger partial charge in [0.25, 0.3) is 0 Å². The van der Waals surface area contributed by atoms with Gasteiger partial charge in [-0.1, -0.05) is 0 Å². The van der Waals surface area contributed by atoms with E-state index in [1.165, 1.54) is 12.2 Å². The van der Waals surface area contributed by atoms with Crippen molar-refractivity contribution >= 4 is 46.7 Å². The number of esters is 4. The third-order valence-corrected chi connectivity index (χ3v) is 6.41. The third kappa shape index (κ3) is 5.87. The highest BCUT2D eigenvalue weighted by Crippen LogP contribution is 2.36. The van der Waals surface area contributed by atoms with Gasteiger partial charge in [0.15, 0.2) is 0 Å². The molecule has 5 heterocycles. The lowest BCUT2D eigenvalue weighted by molar-refractivity contribution is -0.141. The molecule has 0 N–H and O–H groups in total. The van der Waals surface area contributed by atoms with Crippen LogP contribution in [0.25, 0.3) is 0 Å². The van der Waals surface area contributed by atoms with Crippen molar-refractivity contribution in [2.24, 2.45) is 20.0 Å². The standard InChI is InChI=1S/C32H28N4O8/c1-5-41-29(37)22-15-21-14-19-10-9-17(33-19)13-18-11-12-20(34-18)16-23-24(30(38)42-6-2)25(31(39)43-7-3)28(36-23)26(27(22)35-21)32(40)44-8-4/h9-16H,5-8H2,1-4H3. The van der Waals surface area contributed by atoms with Crippen molar-refractivity contribution in [3.63, 3.8) is 0 Å². The summed E-state index contributed by atoms with van der Waals surface area (Å²) in [5.74, 6) is -3.52. The number of hydrogen-bond donors (Lipinski definition) is 0. The summed E-state index contributed by atoms with van der Waals surface area (Å²) in [6.45, 7) is 6.39. The molecule has 5 rings (SSSR count). The van der Waals surface area contributed by atoms with E-state index in [1.807, 2.05) is 0 Å². The molecular formula is C32H28N4O8. The van der Waals surface area contributed by atoms with Crippen molar-refractivity contribution in [1.29, 1.82) is 0 Å². The molecule has 0 spiro atoms. The maximum absolute atomic E-state index is 13.7. The predicted octanol–water partition coefficient (Wildman–Crippen LogP) is 3.31. The monoisotopic (exact) mass is 596 g/mol. The highest BCUT2D eigenvalue weighted by molar-refractivity contribution is 6.39. The fourth-order valence-corrected chi connectivity index (χ4v) is 4.70. The van der Waals surface area contributed by atoms with Crippen LogP contribution in [0.2, 0.25) is 0 Å². The fraction of sp³-hybridized carbons (Fsp3) is 0.250. The zero-order chi connectivity index (χ0) is 31.4. The normalized spacial score (nSPS) is 18.1. The Morgan fingerprint density at radius 1 is 0.523 bits per heavy atom. The van der Waals surface area contributed by atoms with E-state index in [4.69, 9.17) is 18.9 Å². The van der Waals surface area contributed by atoms with Gasteiger partial charge in [-0.15, -0.1) is 0 Å². The van der Waals surface area contributed by atoms with Crippen molar-refractivity contribution in [3.8, 4) is 0 Å². The maximum atomic E-state index is 13.7. The first-order valence-corrected chi connectivity index (χ1v) is 14.0. The molecule has 0 saturated carbocycles. The number of hydrogen-bond acceptors (Lipinski definition) is 12. The van der Waals surface area contributed by atoms with Gasteiger partial charge < -0.3 is 18.9 Å². The Labute approximate surface area is 252 Å². The minimum atomic E-state index is -0.939. The SMILES string of the molecule is CCOC(=O)C1=CC2=CC3=NC(=CC4=NC(=CC5=NC(=C(C(=O)OCC)C1=N2)C(C(=O)OCC)=C5C(=O)OCC)C=C4)C=C3. The van der Waals surface area contributed by atoms with Crippen LogP contribution in [0, 0.1) is 0 Å². The largest absolute Gasteiger partial charge is 0.462 e. The smallest absolute Gasteiger partial charge is 0.342 e. The molecule has 0 atom stereocenters. The predicted molar refractivity (Wildman–Crippen MR) is 161 cm³/mol. The molecule has 224 valence electrons. The first-order valence-electron chi connectivity index (χ1n) is 14.0. The van der Waals surface area contributed by atoms with Crippen LogP contribution < -0.4 is 0 Å². The van der Waals surface area contributed by atoms with E-state index >= 15 is 0 Å². The highest BCUT2D eigenvalue weighted by Gasteiger charge is 2.41. The van der Waals surface area contributed by atoms with E-state index in [-0.39, 0.29) is 71.5 Å². The minimum Gasteiger partial charge on any atom is -0.462 e. The summed E-state index contributed by atoms with van der Waals surface area (Å²) in [6, 6.07) is 0. The Hall–Kier alpha value is -5.52. The Morgan fingerprint density at radius 3 is 1.61 bits per heavy atom. The zero-order valence-corrected chi connectivity index (χ0v) is 24.5. The molecule has 0 unspecified atom stereocenters. The second-order valence-electron chi connectivity index (χ2n) is 9.32. The minimum absolute atomic E-state index is 0.00565. The number of nitrogens with zero attached hydrogens (tertiary/aromatic N) is 4. The van der Waals surface area contributed by atoms with Crippen LogP contribution in [0.3, 0.4) is 0 Å². The van der Waals surface area contributed by atoms with Gasteiger partial charge in [-0.05, 0) is 76.3 Å². The van der Waals surface area contributed by atoms with Crippen molar-refractivity contribution in [1.82, 2.24) is 0 Å². The summed E-state index contributed by atoms with van der Waals surface area (Å²) in [5.41, 5.74) is 0.988. The summed E-state index contributed by atoms with van der Waals surface area (Å²) < 4.78 is 21.3. The van der Waals surface area contributed by atoms with Gasteiger partial charge in [0.05, 0.1) is 77.6 Å². The molecular weight excluding hydrogens is 568 g/mol. The average molecular weight is 597 g/mol. The highest BCUT2D eigenvalue weighted by atomic mass is 16.5. The Kier molecular flexibility index (Phi) is 8.70. The molecule has 5 aliphatic rings. The molecule has 12 nitrogen and oxygen atoms in total. The molecule has 0 saturated heterocycles. The van der Waals surface area contributed by atoms with Crippen molar-refractivity contribution in [3.05, 3.63) is 93.7 Å². The summed E-state index contributed by atoms with van der Waals surface area (Å²) in [4.78, 5) is 72.2. The van der Waals surface area contributed by atoms with E-state index in [0.29, 0.717) is 22.8 Å². The Bertz CT molecular complexity index is 1750. The quantitative estimate of drug-likeness (QED) is 0.305. The lowest BCUT2D eigenvalue weighted by Crippen LogP contribution is -2.25. The molecule has 0 aromatic heterocycles. The summed E-state index contributed by atoms with van der Waals surface area (Å²) in [5, 5.41) is 0. The van der Waals surface area contributed by atoms with E-state index in [2.05, 4.69) is 20.0 Å². The lowest BCUT2D eigenvalue weighted by atomic mass is 9.96. The van der Waals surface area contributed by atoms with Crippen LogP contribution in [0.15, 0.2) is 114 Å². The number of aliphatic imine (C=N–C) groups is 4. The van der Waals surface area contributed by atoms with E-state index in [9.17, 15) is 19.2 Å². The molecule has 0 aliphatic carbocycles. The van der Waals surface area contributed by atoms with Crippen molar-refractivity contribution < 1.29 is 38.1 Å². The molecule has 44 heavy (non-hydrogen) atoms. The van der Waals surface area contributed by atoms with E-state index < -0.39 is 23.9 Å². The Balaban J connectivity index is 1.89. The average Bonchev–Trinajstić information content (AvgIpc) is 3.77. The zero-order valence-electron chi connectivity index (χ0n) is 24.5. The number of carbonyl (C=O) groups is 4. The van der Waals surface area contributed by atoms with Gasteiger partial charge in [-0.25, -0.2) is 39.1 Å². The summed E-state index contributed by atoms with van der Waals surface area (Å²) >= 11 is 0. The molecule has 12 heteroatoms. The number of carbonyl (C=O) groups excluding carboxylic acids is 4. The first-order chi connectivity index (χ1) is 21.3. The van der Waals surface area contributed by atoms with E-state index in [0.717, 1.165) is 0 Å². The van der Waals surface area contributed by atoms with Crippen LogP contribution in [-0.4, -0.2) is 73.2 Å². The molecule has 5 aliphatic heterocycles. The molecule has 8 bridgehead atoms. The second-order valence-corrected chi connectivity index (χ2v) is 9.32. The van der Waals surface area contributed by atoms with Gasteiger partial charge in [0.1, 0.15) is 16.7 Å². The van der Waals surface area contributed by atoms with Gasteiger partial charge in [0.2, 0.25) is 0 Å². The maximum Gasteiger partial charge on any atom is 0.342 e. The van der Waals surface area contributed by atoms with Crippen LogP contribution in [-0.2, 0) is 38.1 Å². The Morgan fingerprint density at radius 2 is 1.02 bits per heavy atom. The molecule has 0 fully saturated rings. The van der Waals surface area contributed by atoms with Crippen LogP contribution in [0.4, 0.5) is 0 Å². The first kappa shape index (κ1) is 30.0. The molecule has 0 aromatic carbocycles. The second kappa shape index (κ2) is 12.8. The number of ether oxygens (including phenoxy) is 4. The van der Waals surface area contributed by atoms with Gasteiger partial charge in [0, 0.05) is 0 Å². The topological polar surface area (TPSA) is 155 Å². The van der Waals surface area contributed by atoms with Crippen molar-refractivity contribution in [2.45, 2.75) is 27.7 Å². The van der Waals surface area contributed by atoms with E-state index in [1.54, 1.807) is 64.2 Å². The van der Waals surface area contributed by atoms with Gasteiger partial charge in [-0.2, -0.15) is 0 Å². The van der Waals surface area contributed by atoms with Crippen LogP contribution >= 0.6 is 0 Å². The molecule has 0 aromatic rings. The fourth-order valence-electron chi connectivity index (χ4n) is 4.70.